The number of aryl methyl sites for hydroxylation is 1. The van der Waals surface area contributed by atoms with Gasteiger partial charge in [-0.05, 0) is 54.0 Å². The summed E-state index contributed by atoms with van der Waals surface area (Å²) in [5.41, 5.74) is 5.13. The minimum Gasteiger partial charge on any atom is -0.493 e. The van der Waals surface area contributed by atoms with Crippen LogP contribution in [0, 0.1) is 18.3 Å². The third-order valence-corrected chi connectivity index (χ3v) is 5.52. The van der Waals surface area contributed by atoms with Gasteiger partial charge in [-0.1, -0.05) is 52.3 Å². The topological polar surface area (TPSA) is 70.9 Å². The summed E-state index contributed by atoms with van der Waals surface area (Å²) in [7, 11) is 1.60. The number of methoxy groups -OCH3 is 1. The van der Waals surface area contributed by atoms with E-state index in [4.69, 9.17) is 9.47 Å². The van der Waals surface area contributed by atoms with Gasteiger partial charge in [-0.15, -0.1) is 0 Å². The van der Waals surface area contributed by atoms with Crippen LogP contribution in [0.3, 0.4) is 0 Å². The number of rotatable bonds is 6. The predicted molar refractivity (Wildman–Crippen MR) is 126 cm³/mol. The third-order valence-electron chi connectivity index (χ3n) is 4.83. The molecule has 0 radical (unpaired) electrons. The van der Waals surface area contributed by atoms with Crippen LogP contribution in [-0.2, 0) is 6.61 Å². The summed E-state index contributed by atoms with van der Waals surface area (Å²) in [5.74, 6) is 1.73. The predicted octanol–water partition coefficient (Wildman–Crippen LogP) is 6.29. The van der Waals surface area contributed by atoms with E-state index in [0.29, 0.717) is 29.5 Å². The number of nitrogens with one attached hydrogen (secondary N) is 1. The summed E-state index contributed by atoms with van der Waals surface area (Å²) >= 11 is 3.59. The standard InChI is InChI=1S/C25H20BrN3O2/c1-16-8-9-21-22(10-16)29-25(28-21)19(14-27)11-18-12-23(30-2)24(13-20(18)26)31-15-17-6-4-3-5-7-17/h3-13H,15H2,1-2H3,(H,28,29)/b19-11-. The van der Waals surface area contributed by atoms with E-state index in [1.807, 2.05) is 67.6 Å². The molecule has 1 aromatic heterocycles. The Morgan fingerprint density at radius 1 is 1.13 bits per heavy atom. The van der Waals surface area contributed by atoms with E-state index in [9.17, 15) is 5.26 Å². The number of nitrogens with zero attached hydrogens (tertiary/aromatic N) is 2. The van der Waals surface area contributed by atoms with Gasteiger partial charge in [-0.2, -0.15) is 5.26 Å². The quantitative estimate of drug-likeness (QED) is 0.334. The van der Waals surface area contributed by atoms with E-state index in [1.54, 1.807) is 13.2 Å². The molecule has 0 unspecified atom stereocenters. The first-order valence-corrected chi connectivity index (χ1v) is 10.5. The van der Waals surface area contributed by atoms with Gasteiger partial charge in [0.05, 0.1) is 23.7 Å². The van der Waals surface area contributed by atoms with Crippen LogP contribution in [0.4, 0.5) is 0 Å². The molecule has 0 spiro atoms. The van der Waals surface area contributed by atoms with Crippen LogP contribution >= 0.6 is 15.9 Å². The zero-order chi connectivity index (χ0) is 21.8. The van der Waals surface area contributed by atoms with Crippen LogP contribution in [0.1, 0.15) is 22.5 Å². The van der Waals surface area contributed by atoms with Crippen molar-refractivity contribution >= 4 is 38.6 Å². The van der Waals surface area contributed by atoms with Gasteiger partial charge in [-0.25, -0.2) is 4.98 Å². The van der Waals surface area contributed by atoms with Crippen LogP contribution in [-0.4, -0.2) is 17.1 Å². The molecule has 1 heterocycles. The molecule has 0 aliphatic heterocycles. The number of nitriles is 1. The first-order chi connectivity index (χ1) is 15.1. The number of imidazole rings is 1. The number of benzene rings is 3. The highest BCUT2D eigenvalue weighted by molar-refractivity contribution is 9.10. The molecule has 0 saturated carbocycles. The Morgan fingerprint density at radius 3 is 2.68 bits per heavy atom. The van der Waals surface area contributed by atoms with Gasteiger partial charge in [0.1, 0.15) is 18.5 Å². The fourth-order valence-electron chi connectivity index (χ4n) is 3.23. The van der Waals surface area contributed by atoms with Crippen molar-refractivity contribution in [1.82, 2.24) is 9.97 Å². The average molecular weight is 474 g/mol. The van der Waals surface area contributed by atoms with Gasteiger partial charge in [0.15, 0.2) is 11.5 Å². The Morgan fingerprint density at radius 2 is 1.94 bits per heavy atom. The maximum Gasteiger partial charge on any atom is 0.162 e. The Balaban J connectivity index is 1.65. The largest absolute Gasteiger partial charge is 0.493 e. The van der Waals surface area contributed by atoms with Crippen LogP contribution in [0.15, 0.2) is 65.1 Å². The molecule has 0 bridgehead atoms. The number of ether oxygens (including phenoxy) is 2. The van der Waals surface area contributed by atoms with E-state index in [-0.39, 0.29) is 0 Å². The van der Waals surface area contributed by atoms with Crippen LogP contribution in [0.25, 0.3) is 22.7 Å². The van der Waals surface area contributed by atoms with E-state index in [1.165, 1.54) is 0 Å². The van der Waals surface area contributed by atoms with Crippen molar-refractivity contribution in [3.05, 3.63) is 87.7 Å². The molecule has 3 aromatic carbocycles. The number of aromatic nitrogens is 2. The van der Waals surface area contributed by atoms with Crippen molar-refractivity contribution in [2.24, 2.45) is 0 Å². The fourth-order valence-corrected chi connectivity index (χ4v) is 3.67. The second-order valence-corrected chi connectivity index (χ2v) is 7.93. The molecule has 0 atom stereocenters. The van der Waals surface area contributed by atoms with Gasteiger partial charge < -0.3 is 14.5 Å². The van der Waals surface area contributed by atoms with E-state index in [2.05, 4.69) is 32.0 Å². The third kappa shape index (κ3) is 4.62. The lowest BCUT2D eigenvalue weighted by Gasteiger charge is -2.13. The van der Waals surface area contributed by atoms with Crippen LogP contribution in [0.2, 0.25) is 0 Å². The molecule has 0 fully saturated rings. The Bertz CT molecular complexity index is 1300. The highest BCUT2D eigenvalue weighted by atomic mass is 79.9. The lowest BCUT2D eigenvalue weighted by Crippen LogP contribution is -1.98. The number of hydrogen-bond acceptors (Lipinski definition) is 4. The summed E-state index contributed by atoms with van der Waals surface area (Å²) < 4.78 is 12.3. The van der Waals surface area contributed by atoms with Crippen molar-refractivity contribution in [2.75, 3.05) is 7.11 Å². The number of aromatic amines is 1. The van der Waals surface area contributed by atoms with Crippen LogP contribution < -0.4 is 9.47 Å². The summed E-state index contributed by atoms with van der Waals surface area (Å²) in [6.45, 7) is 2.45. The smallest absolute Gasteiger partial charge is 0.162 e. The van der Waals surface area contributed by atoms with Gasteiger partial charge in [0, 0.05) is 4.47 Å². The van der Waals surface area contributed by atoms with Crippen LogP contribution in [0.5, 0.6) is 11.5 Å². The Kier molecular flexibility index (Phi) is 6.06. The summed E-state index contributed by atoms with van der Waals surface area (Å²) in [6.07, 6.45) is 1.78. The van der Waals surface area contributed by atoms with Crippen molar-refractivity contribution in [3.8, 4) is 17.6 Å². The zero-order valence-corrected chi connectivity index (χ0v) is 18.7. The van der Waals surface area contributed by atoms with Crippen molar-refractivity contribution in [2.45, 2.75) is 13.5 Å². The molecule has 4 rings (SSSR count). The molecule has 6 heteroatoms. The number of H-pyrrole nitrogens is 1. The molecule has 0 aliphatic carbocycles. The maximum absolute atomic E-state index is 9.75. The molecule has 1 N–H and O–H groups in total. The maximum atomic E-state index is 9.75. The van der Waals surface area contributed by atoms with E-state index in [0.717, 1.165) is 32.2 Å². The molecule has 154 valence electrons. The first kappa shape index (κ1) is 20.7. The summed E-state index contributed by atoms with van der Waals surface area (Å²) in [4.78, 5) is 7.79. The minimum atomic E-state index is 0.426. The normalized spacial score (nSPS) is 11.4. The first-order valence-electron chi connectivity index (χ1n) is 9.70. The molecule has 0 aliphatic rings. The Labute approximate surface area is 189 Å². The molecule has 0 saturated heterocycles. The zero-order valence-electron chi connectivity index (χ0n) is 17.1. The summed E-state index contributed by atoms with van der Waals surface area (Å²) in [5, 5.41) is 9.75. The van der Waals surface area contributed by atoms with Crippen molar-refractivity contribution in [3.63, 3.8) is 0 Å². The highest BCUT2D eigenvalue weighted by Gasteiger charge is 2.13. The second kappa shape index (κ2) is 9.07. The van der Waals surface area contributed by atoms with Gasteiger partial charge in [0.2, 0.25) is 0 Å². The molecule has 4 aromatic rings. The molecular weight excluding hydrogens is 454 g/mol. The van der Waals surface area contributed by atoms with E-state index < -0.39 is 0 Å². The lowest BCUT2D eigenvalue weighted by molar-refractivity contribution is 0.284. The second-order valence-electron chi connectivity index (χ2n) is 7.07. The SMILES string of the molecule is COc1cc(/C=C(/C#N)c2nc3ccc(C)cc3[nH]2)c(Br)cc1OCc1ccccc1. The number of fused-ring (bicyclic) bond motifs is 1. The molecule has 5 nitrogen and oxygen atoms in total. The van der Waals surface area contributed by atoms with E-state index >= 15 is 0 Å². The summed E-state index contributed by atoms with van der Waals surface area (Å²) in [6, 6.07) is 21.8. The number of hydrogen-bond donors (Lipinski definition) is 1. The van der Waals surface area contributed by atoms with Gasteiger partial charge in [0.25, 0.3) is 0 Å². The van der Waals surface area contributed by atoms with Gasteiger partial charge in [-0.3, -0.25) is 0 Å². The number of halogens is 1. The lowest BCUT2D eigenvalue weighted by atomic mass is 10.1. The number of allylic oxidation sites excluding steroid dienone is 1. The Hall–Kier alpha value is -3.56. The fraction of sp³-hybridized carbons (Fsp3) is 0.120. The molecule has 31 heavy (non-hydrogen) atoms. The van der Waals surface area contributed by atoms with Gasteiger partial charge >= 0.3 is 0 Å². The minimum absolute atomic E-state index is 0.426. The average Bonchev–Trinajstić information content (AvgIpc) is 3.20. The monoisotopic (exact) mass is 473 g/mol. The van der Waals surface area contributed by atoms with Crippen molar-refractivity contribution in [1.29, 1.82) is 5.26 Å². The highest BCUT2D eigenvalue weighted by Crippen LogP contribution is 2.35. The molecule has 0 amide bonds. The van der Waals surface area contributed by atoms with Crippen molar-refractivity contribution < 1.29 is 9.47 Å². The molecular formula is C25H20BrN3O2.